The SMILES string of the molecule is CCOC(=O)C(CC)Sc1ncnc2c1c(Br)nn2C. The van der Waals surface area contributed by atoms with E-state index >= 15 is 0 Å². The van der Waals surface area contributed by atoms with E-state index in [-0.39, 0.29) is 11.2 Å². The monoisotopic (exact) mass is 358 g/mol. The summed E-state index contributed by atoms with van der Waals surface area (Å²) in [4.78, 5) is 20.4. The quantitative estimate of drug-likeness (QED) is 0.464. The van der Waals surface area contributed by atoms with Crippen molar-refractivity contribution in [3.8, 4) is 0 Å². The highest BCUT2D eigenvalue weighted by Gasteiger charge is 2.23. The minimum atomic E-state index is -0.278. The normalized spacial score (nSPS) is 12.6. The van der Waals surface area contributed by atoms with Gasteiger partial charge in [-0.1, -0.05) is 18.7 Å². The average Bonchev–Trinajstić information content (AvgIpc) is 2.72. The Bertz CT molecular complexity index is 631. The van der Waals surface area contributed by atoms with Crippen molar-refractivity contribution < 1.29 is 9.53 Å². The summed E-state index contributed by atoms with van der Waals surface area (Å²) >= 11 is 4.79. The number of carbonyl (C=O) groups is 1. The second-order valence-corrected chi connectivity index (χ2v) is 6.00. The second kappa shape index (κ2) is 6.53. The Hall–Kier alpha value is -1.15. The van der Waals surface area contributed by atoms with Crippen LogP contribution in [0.25, 0.3) is 11.0 Å². The molecule has 0 aromatic carbocycles. The van der Waals surface area contributed by atoms with E-state index in [1.807, 2.05) is 14.0 Å². The number of rotatable bonds is 5. The summed E-state index contributed by atoms with van der Waals surface area (Å²) in [6.45, 7) is 4.13. The molecule has 0 spiro atoms. The minimum Gasteiger partial charge on any atom is -0.465 e. The topological polar surface area (TPSA) is 69.9 Å². The molecular weight excluding hydrogens is 344 g/mol. The van der Waals surface area contributed by atoms with Crippen LogP contribution in [0.5, 0.6) is 0 Å². The molecule has 1 atom stereocenters. The molecule has 6 nitrogen and oxygen atoms in total. The van der Waals surface area contributed by atoms with Gasteiger partial charge in [-0.3, -0.25) is 4.79 Å². The fourth-order valence-electron chi connectivity index (χ4n) is 1.77. The number of ether oxygens (including phenoxy) is 1. The number of aryl methyl sites for hydroxylation is 1. The summed E-state index contributed by atoms with van der Waals surface area (Å²) in [6.07, 6.45) is 2.16. The van der Waals surface area contributed by atoms with E-state index in [1.165, 1.54) is 18.1 Å². The van der Waals surface area contributed by atoms with E-state index in [9.17, 15) is 4.79 Å². The summed E-state index contributed by atoms with van der Waals surface area (Å²) < 4.78 is 7.43. The number of aromatic nitrogens is 4. The van der Waals surface area contributed by atoms with Gasteiger partial charge in [0.2, 0.25) is 0 Å². The van der Waals surface area contributed by atoms with Gasteiger partial charge in [-0.2, -0.15) is 5.10 Å². The largest absolute Gasteiger partial charge is 0.465 e. The summed E-state index contributed by atoms with van der Waals surface area (Å²) in [5.74, 6) is -0.216. The molecule has 2 aromatic rings. The van der Waals surface area contributed by atoms with E-state index in [1.54, 1.807) is 11.6 Å². The maximum Gasteiger partial charge on any atom is 0.319 e. The van der Waals surface area contributed by atoms with E-state index < -0.39 is 0 Å². The highest BCUT2D eigenvalue weighted by Crippen LogP contribution is 2.33. The molecule has 0 aliphatic carbocycles. The maximum absolute atomic E-state index is 11.9. The predicted molar refractivity (Wildman–Crippen MR) is 80.6 cm³/mol. The van der Waals surface area contributed by atoms with Crippen LogP contribution in [0.3, 0.4) is 0 Å². The molecule has 2 heterocycles. The van der Waals surface area contributed by atoms with Gasteiger partial charge < -0.3 is 4.74 Å². The molecule has 0 aliphatic rings. The number of thioether (sulfide) groups is 1. The van der Waals surface area contributed by atoms with Crippen molar-refractivity contribution in [2.45, 2.75) is 30.5 Å². The van der Waals surface area contributed by atoms with Crippen LogP contribution in [0.4, 0.5) is 0 Å². The van der Waals surface area contributed by atoms with Gasteiger partial charge in [-0.25, -0.2) is 14.6 Å². The van der Waals surface area contributed by atoms with Gasteiger partial charge in [0, 0.05) is 7.05 Å². The molecule has 108 valence electrons. The van der Waals surface area contributed by atoms with E-state index in [4.69, 9.17) is 4.74 Å². The van der Waals surface area contributed by atoms with Gasteiger partial charge in [-0.15, -0.1) is 0 Å². The zero-order valence-corrected chi connectivity index (χ0v) is 13.9. The molecule has 0 saturated carbocycles. The van der Waals surface area contributed by atoms with Crippen molar-refractivity contribution >= 4 is 44.7 Å². The molecule has 2 aromatic heterocycles. The molecular formula is C12H15BrN4O2S. The first-order valence-corrected chi connectivity index (χ1v) is 7.92. The number of fused-ring (bicyclic) bond motifs is 1. The number of hydrogen-bond acceptors (Lipinski definition) is 6. The standard InChI is InChI=1S/C12H15BrN4O2S/c1-4-7(12(18)19-5-2)20-11-8-9(13)16-17(3)10(8)14-6-15-11/h6-7H,4-5H2,1-3H3. The maximum atomic E-state index is 11.9. The zero-order valence-electron chi connectivity index (χ0n) is 11.5. The van der Waals surface area contributed by atoms with E-state index in [0.29, 0.717) is 17.6 Å². The van der Waals surface area contributed by atoms with Crippen molar-refractivity contribution in [3.63, 3.8) is 0 Å². The molecule has 2 rings (SSSR count). The molecule has 0 saturated heterocycles. The van der Waals surface area contributed by atoms with Crippen molar-refractivity contribution in [2.75, 3.05) is 6.61 Å². The highest BCUT2D eigenvalue weighted by molar-refractivity contribution is 9.10. The Morgan fingerprint density at radius 3 is 2.90 bits per heavy atom. The van der Waals surface area contributed by atoms with Crippen LogP contribution in [0.15, 0.2) is 16.0 Å². The Balaban J connectivity index is 2.35. The van der Waals surface area contributed by atoms with E-state index in [2.05, 4.69) is 31.0 Å². The lowest BCUT2D eigenvalue weighted by atomic mass is 10.3. The second-order valence-electron chi connectivity index (χ2n) is 4.06. The molecule has 0 amide bonds. The van der Waals surface area contributed by atoms with Gasteiger partial charge >= 0.3 is 5.97 Å². The lowest BCUT2D eigenvalue weighted by Crippen LogP contribution is -2.19. The van der Waals surface area contributed by atoms with Crippen LogP contribution >= 0.6 is 27.7 Å². The predicted octanol–water partition coefficient (Wildman–Crippen LogP) is 2.56. The molecule has 0 aliphatic heterocycles. The van der Waals surface area contributed by atoms with Crippen molar-refractivity contribution in [2.24, 2.45) is 7.05 Å². The third-order valence-corrected chi connectivity index (χ3v) is 4.62. The number of carbonyl (C=O) groups excluding carboxylic acids is 1. The highest BCUT2D eigenvalue weighted by atomic mass is 79.9. The van der Waals surface area contributed by atoms with Crippen LogP contribution in [0, 0.1) is 0 Å². The average molecular weight is 359 g/mol. The molecule has 8 heteroatoms. The molecule has 0 radical (unpaired) electrons. The van der Waals surface area contributed by atoms with Gasteiger partial charge in [0.1, 0.15) is 21.2 Å². The van der Waals surface area contributed by atoms with Crippen molar-refractivity contribution in [1.29, 1.82) is 0 Å². The molecule has 0 N–H and O–H groups in total. The summed E-state index contributed by atoms with van der Waals surface area (Å²) in [5.41, 5.74) is 0.730. The zero-order chi connectivity index (χ0) is 14.7. The van der Waals surface area contributed by atoms with Crippen LogP contribution in [-0.2, 0) is 16.6 Å². The Morgan fingerprint density at radius 2 is 2.25 bits per heavy atom. The minimum absolute atomic E-state index is 0.216. The van der Waals surface area contributed by atoms with Crippen LogP contribution in [0.1, 0.15) is 20.3 Å². The number of halogens is 1. The molecule has 1 unspecified atom stereocenters. The van der Waals surface area contributed by atoms with Gasteiger partial charge in [0.25, 0.3) is 0 Å². The molecule has 0 fully saturated rings. The number of nitrogens with zero attached hydrogens (tertiary/aromatic N) is 4. The van der Waals surface area contributed by atoms with Crippen LogP contribution < -0.4 is 0 Å². The summed E-state index contributed by atoms with van der Waals surface area (Å²) in [7, 11) is 1.82. The lowest BCUT2D eigenvalue weighted by molar-refractivity contribution is -0.142. The van der Waals surface area contributed by atoms with Crippen LogP contribution in [0.2, 0.25) is 0 Å². The van der Waals surface area contributed by atoms with Crippen LogP contribution in [-0.4, -0.2) is 37.6 Å². The molecule has 0 bridgehead atoms. The first-order valence-electron chi connectivity index (χ1n) is 6.24. The Kier molecular flexibility index (Phi) is 4.98. The Morgan fingerprint density at radius 1 is 1.50 bits per heavy atom. The molecule has 20 heavy (non-hydrogen) atoms. The first kappa shape index (κ1) is 15.2. The fraction of sp³-hybridized carbons (Fsp3) is 0.500. The van der Waals surface area contributed by atoms with Gasteiger partial charge in [-0.05, 0) is 29.3 Å². The summed E-state index contributed by atoms with van der Waals surface area (Å²) in [6, 6.07) is 0. The van der Waals surface area contributed by atoms with E-state index in [0.717, 1.165) is 16.1 Å². The van der Waals surface area contributed by atoms with Gasteiger partial charge in [0.05, 0.1) is 12.0 Å². The van der Waals surface area contributed by atoms with Crippen molar-refractivity contribution in [1.82, 2.24) is 19.7 Å². The number of hydrogen-bond donors (Lipinski definition) is 0. The lowest BCUT2D eigenvalue weighted by Gasteiger charge is -2.12. The third-order valence-electron chi connectivity index (χ3n) is 2.72. The van der Waals surface area contributed by atoms with Gasteiger partial charge in [0.15, 0.2) is 5.65 Å². The smallest absolute Gasteiger partial charge is 0.319 e. The first-order chi connectivity index (χ1) is 9.58. The fourth-order valence-corrected chi connectivity index (χ4v) is 3.52. The third kappa shape index (κ3) is 2.95. The number of esters is 1. The summed E-state index contributed by atoms with van der Waals surface area (Å²) in [5, 5.41) is 5.54. The van der Waals surface area contributed by atoms with Crippen molar-refractivity contribution in [3.05, 3.63) is 10.9 Å². The Labute approximate surface area is 129 Å².